The second-order valence-electron chi connectivity index (χ2n) is 6.47. The van der Waals surface area contributed by atoms with Crippen molar-refractivity contribution in [2.24, 2.45) is 0 Å². The maximum absolute atomic E-state index is 6.24. The van der Waals surface area contributed by atoms with Gasteiger partial charge in [0.05, 0.1) is 0 Å². The van der Waals surface area contributed by atoms with E-state index in [0.29, 0.717) is 6.04 Å². The van der Waals surface area contributed by atoms with Crippen LogP contribution in [0.1, 0.15) is 42.9 Å². The number of aromatic nitrogens is 1. The number of nitrogens with zero attached hydrogens (tertiary/aromatic N) is 2. The Labute approximate surface area is 150 Å². The average molecular weight is 344 g/mol. The molecule has 1 atom stereocenters. The summed E-state index contributed by atoms with van der Waals surface area (Å²) in [5, 5.41) is 4.37. The van der Waals surface area contributed by atoms with E-state index in [4.69, 9.17) is 11.6 Å². The first-order valence-electron chi connectivity index (χ1n) is 8.92. The molecular formula is C20H26ClN3. The van der Waals surface area contributed by atoms with Crippen molar-refractivity contribution < 1.29 is 0 Å². The third-order valence-electron chi connectivity index (χ3n) is 4.76. The predicted molar refractivity (Wildman–Crippen MR) is 100 cm³/mol. The summed E-state index contributed by atoms with van der Waals surface area (Å²) in [6, 6.07) is 13.1. The molecule has 0 amide bonds. The molecule has 2 aromatic rings. The summed E-state index contributed by atoms with van der Waals surface area (Å²) in [5.74, 6) is 0. The summed E-state index contributed by atoms with van der Waals surface area (Å²) in [6.45, 7) is 4.06. The number of nitrogens with one attached hydrogen (secondary N) is 1. The highest BCUT2D eigenvalue weighted by Crippen LogP contribution is 2.24. The Bertz CT molecular complexity index is 609. The van der Waals surface area contributed by atoms with Gasteiger partial charge in [-0.1, -0.05) is 54.8 Å². The summed E-state index contributed by atoms with van der Waals surface area (Å²) in [7, 11) is 0. The molecule has 0 spiro atoms. The zero-order valence-corrected chi connectivity index (χ0v) is 14.9. The molecule has 1 unspecified atom stereocenters. The fourth-order valence-corrected chi connectivity index (χ4v) is 3.60. The second-order valence-corrected chi connectivity index (χ2v) is 6.88. The van der Waals surface area contributed by atoms with E-state index in [-0.39, 0.29) is 0 Å². The minimum absolute atomic E-state index is 0.416. The minimum atomic E-state index is 0.416. The zero-order chi connectivity index (χ0) is 16.6. The number of pyridine rings is 1. The van der Waals surface area contributed by atoms with Gasteiger partial charge in [-0.3, -0.25) is 9.88 Å². The molecule has 1 aromatic carbocycles. The molecule has 1 fully saturated rings. The molecule has 24 heavy (non-hydrogen) atoms. The maximum Gasteiger partial charge on any atom is 0.0481 e. The van der Waals surface area contributed by atoms with Gasteiger partial charge in [-0.15, -0.1) is 0 Å². The van der Waals surface area contributed by atoms with Crippen LogP contribution in [0.5, 0.6) is 0 Å². The van der Waals surface area contributed by atoms with Gasteiger partial charge < -0.3 is 5.32 Å². The molecular weight excluding hydrogens is 318 g/mol. The fraction of sp³-hybridized carbons (Fsp3) is 0.450. The molecule has 1 N–H and O–H groups in total. The lowest BCUT2D eigenvalue weighted by atomic mass is 10.0. The normalized spacial score (nSPS) is 17.4. The Kier molecular flexibility index (Phi) is 6.65. The Morgan fingerprint density at radius 1 is 1.04 bits per heavy atom. The summed E-state index contributed by atoms with van der Waals surface area (Å²) in [6.07, 6.45) is 8.90. The van der Waals surface area contributed by atoms with Crippen molar-refractivity contribution in [3.63, 3.8) is 0 Å². The zero-order valence-electron chi connectivity index (χ0n) is 14.1. The van der Waals surface area contributed by atoms with Crippen molar-refractivity contribution in [1.82, 2.24) is 15.2 Å². The van der Waals surface area contributed by atoms with Gasteiger partial charge in [-0.05, 0) is 37.6 Å². The molecule has 1 aliphatic rings. The number of hydrogen-bond acceptors (Lipinski definition) is 3. The predicted octanol–water partition coefficient (Wildman–Crippen LogP) is 4.44. The summed E-state index contributed by atoms with van der Waals surface area (Å²) in [5.41, 5.74) is 2.45. The molecule has 2 heterocycles. The van der Waals surface area contributed by atoms with Crippen LogP contribution in [0, 0.1) is 0 Å². The Morgan fingerprint density at radius 3 is 2.50 bits per heavy atom. The van der Waals surface area contributed by atoms with Crippen LogP contribution < -0.4 is 5.32 Å². The van der Waals surface area contributed by atoms with Gasteiger partial charge in [0, 0.05) is 42.1 Å². The number of halogens is 1. The molecule has 0 bridgehead atoms. The van der Waals surface area contributed by atoms with E-state index in [1.165, 1.54) is 44.3 Å². The van der Waals surface area contributed by atoms with E-state index < -0.39 is 0 Å². The van der Waals surface area contributed by atoms with E-state index >= 15 is 0 Å². The molecule has 0 radical (unpaired) electrons. The molecule has 1 aliphatic heterocycles. The van der Waals surface area contributed by atoms with Crippen molar-refractivity contribution in [2.75, 3.05) is 19.6 Å². The van der Waals surface area contributed by atoms with Crippen LogP contribution in [-0.2, 0) is 6.54 Å². The first kappa shape index (κ1) is 17.4. The van der Waals surface area contributed by atoms with Gasteiger partial charge in [0.2, 0.25) is 0 Å². The Balaban J connectivity index is 1.67. The lowest BCUT2D eigenvalue weighted by molar-refractivity contribution is 0.199. The Morgan fingerprint density at radius 2 is 1.79 bits per heavy atom. The standard InChI is InChI=1S/C20H26ClN3/c21-19-10-11-22-14-18(19)15-23-16-20(17-8-4-3-5-9-17)24-12-6-1-2-7-13-24/h3-5,8-11,14,20,23H,1-2,6-7,12-13,15-16H2. The van der Waals surface area contributed by atoms with Crippen molar-refractivity contribution >= 4 is 11.6 Å². The summed E-state index contributed by atoms with van der Waals surface area (Å²) >= 11 is 6.24. The van der Waals surface area contributed by atoms with Gasteiger partial charge in [0.25, 0.3) is 0 Å². The van der Waals surface area contributed by atoms with Gasteiger partial charge in [0.1, 0.15) is 0 Å². The van der Waals surface area contributed by atoms with Crippen molar-refractivity contribution in [3.05, 3.63) is 64.9 Å². The van der Waals surface area contributed by atoms with E-state index in [0.717, 1.165) is 23.7 Å². The van der Waals surface area contributed by atoms with E-state index in [1.807, 2.05) is 12.3 Å². The smallest absolute Gasteiger partial charge is 0.0481 e. The number of benzene rings is 1. The lowest BCUT2D eigenvalue weighted by Gasteiger charge is -2.31. The molecule has 128 valence electrons. The van der Waals surface area contributed by atoms with Crippen LogP contribution in [0.15, 0.2) is 48.8 Å². The number of rotatable bonds is 6. The van der Waals surface area contributed by atoms with Crippen LogP contribution in [0.3, 0.4) is 0 Å². The third kappa shape index (κ3) is 4.79. The summed E-state index contributed by atoms with van der Waals surface area (Å²) in [4.78, 5) is 6.81. The van der Waals surface area contributed by atoms with Crippen LogP contribution in [0.2, 0.25) is 5.02 Å². The van der Waals surface area contributed by atoms with Crippen molar-refractivity contribution in [1.29, 1.82) is 0 Å². The second kappa shape index (κ2) is 9.16. The molecule has 0 saturated carbocycles. The van der Waals surface area contributed by atoms with Crippen LogP contribution in [-0.4, -0.2) is 29.5 Å². The van der Waals surface area contributed by atoms with E-state index in [9.17, 15) is 0 Å². The highest BCUT2D eigenvalue weighted by atomic mass is 35.5. The van der Waals surface area contributed by atoms with Gasteiger partial charge in [-0.2, -0.15) is 0 Å². The summed E-state index contributed by atoms with van der Waals surface area (Å²) < 4.78 is 0. The highest BCUT2D eigenvalue weighted by molar-refractivity contribution is 6.31. The molecule has 1 saturated heterocycles. The quantitative estimate of drug-likeness (QED) is 0.840. The molecule has 3 rings (SSSR count). The topological polar surface area (TPSA) is 28.2 Å². The first-order chi connectivity index (χ1) is 11.8. The van der Waals surface area contributed by atoms with Crippen LogP contribution >= 0.6 is 11.6 Å². The molecule has 1 aromatic heterocycles. The highest BCUT2D eigenvalue weighted by Gasteiger charge is 2.21. The van der Waals surface area contributed by atoms with Crippen LogP contribution in [0.4, 0.5) is 0 Å². The van der Waals surface area contributed by atoms with Crippen molar-refractivity contribution in [3.8, 4) is 0 Å². The number of hydrogen-bond donors (Lipinski definition) is 1. The van der Waals surface area contributed by atoms with Crippen LogP contribution in [0.25, 0.3) is 0 Å². The van der Waals surface area contributed by atoms with Gasteiger partial charge in [-0.25, -0.2) is 0 Å². The average Bonchev–Trinajstić information content (AvgIpc) is 2.90. The maximum atomic E-state index is 6.24. The lowest BCUT2D eigenvalue weighted by Crippen LogP contribution is -2.36. The first-order valence-corrected chi connectivity index (χ1v) is 9.30. The third-order valence-corrected chi connectivity index (χ3v) is 5.13. The monoisotopic (exact) mass is 343 g/mol. The SMILES string of the molecule is Clc1ccncc1CNCC(c1ccccc1)N1CCCCCC1. The molecule has 4 heteroatoms. The fourth-order valence-electron chi connectivity index (χ4n) is 3.42. The van der Waals surface area contributed by atoms with E-state index in [1.54, 1.807) is 6.20 Å². The minimum Gasteiger partial charge on any atom is -0.311 e. The van der Waals surface area contributed by atoms with Gasteiger partial charge in [0.15, 0.2) is 0 Å². The molecule has 0 aliphatic carbocycles. The van der Waals surface area contributed by atoms with Crippen molar-refractivity contribution in [2.45, 2.75) is 38.3 Å². The van der Waals surface area contributed by atoms with Gasteiger partial charge >= 0.3 is 0 Å². The number of likely N-dealkylation sites (tertiary alicyclic amines) is 1. The van der Waals surface area contributed by atoms with E-state index in [2.05, 4.69) is 45.5 Å². The molecule has 3 nitrogen and oxygen atoms in total. The Hall–Kier alpha value is -1.42. The largest absolute Gasteiger partial charge is 0.311 e.